The van der Waals surface area contributed by atoms with Gasteiger partial charge in [-0.15, -0.1) is 0 Å². The molecule has 4 aromatic rings. The van der Waals surface area contributed by atoms with Crippen molar-refractivity contribution in [1.82, 2.24) is 9.97 Å². The van der Waals surface area contributed by atoms with Crippen molar-refractivity contribution in [3.63, 3.8) is 0 Å². The van der Waals surface area contributed by atoms with Gasteiger partial charge in [0.1, 0.15) is 11.6 Å². The van der Waals surface area contributed by atoms with E-state index < -0.39 is 5.82 Å². The van der Waals surface area contributed by atoms with Gasteiger partial charge in [0.15, 0.2) is 11.6 Å². The summed E-state index contributed by atoms with van der Waals surface area (Å²) in [6.07, 6.45) is 1.55. The van der Waals surface area contributed by atoms with Crippen molar-refractivity contribution in [2.24, 2.45) is 5.10 Å². The van der Waals surface area contributed by atoms with Crippen molar-refractivity contribution < 1.29 is 8.78 Å². The molecule has 0 aliphatic heterocycles. The molecule has 0 aliphatic carbocycles. The Bertz CT molecular complexity index is 1120. The molecule has 0 atom stereocenters. The second kappa shape index (κ2) is 7.29. The third-order valence-corrected chi connectivity index (χ3v) is 3.97. The van der Waals surface area contributed by atoms with Crippen LogP contribution < -0.4 is 5.43 Å². The summed E-state index contributed by atoms with van der Waals surface area (Å²) in [5.74, 6) is 0.0217. The van der Waals surface area contributed by atoms with E-state index >= 15 is 0 Å². The molecule has 0 radical (unpaired) electrons. The van der Waals surface area contributed by atoms with Crippen molar-refractivity contribution in [2.75, 3.05) is 5.43 Å². The predicted octanol–water partition coefficient (Wildman–Crippen LogP) is 5.02. The quantitative estimate of drug-likeness (QED) is 0.411. The Kier molecular flexibility index (Phi) is 4.53. The van der Waals surface area contributed by atoms with Crippen molar-refractivity contribution in [2.45, 2.75) is 0 Å². The van der Waals surface area contributed by atoms with Crippen LogP contribution in [-0.2, 0) is 0 Å². The minimum atomic E-state index is -0.395. The number of nitrogens with one attached hydrogen (secondary N) is 1. The summed E-state index contributed by atoms with van der Waals surface area (Å²) in [4.78, 5) is 8.90. The van der Waals surface area contributed by atoms with Gasteiger partial charge in [0, 0.05) is 5.39 Å². The summed E-state index contributed by atoms with van der Waals surface area (Å²) in [5, 5.41) is 4.93. The minimum absolute atomic E-state index is 0.270. The van der Waals surface area contributed by atoms with Gasteiger partial charge < -0.3 is 0 Å². The number of anilines is 1. The molecule has 1 N–H and O–H groups in total. The summed E-state index contributed by atoms with van der Waals surface area (Å²) in [5.41, 5.74) is 4.60. The lowest BCUT2D eigenvalue weighted by molar-refractivity contribution is 0.627. The molecule has 6 heteroatoms. The molecular formula is C21H14F2N4. The third-order valence-electron chi connectivity index (χ3n) is 3.97. The van der Waals surface area contributed by atoms with Crippen LogP contribution in [0, 0.1) is 11.6 Å². The largest absolute Gasteiger partial charge is 0.261 e. The lowest BCUT2D eigenvalue weighted by Crippen LogP contribution is -2.00. The summed E-state index contributed by atoms with van der Waals surface area (Å²) in [6, 6.07) is 19.7. The van der Waals surface area contributed by atoms with Gasteiger partial charge in [-0.25, -0.2) is 18.7 Å². The number of fused-ring (bicyclic) bond motifs is 1. The van der Waals surface area contributed by atoms with Gasteiger partial charge >= 0.3 is 0 Å². The highest BCUT2D eigenvalue weighted by Crippen LogP contribution is 2.26. The number of aromatic nitrogens is 2. The van der Waals surface area contributed by atoms with Crippen LogP contribution in [-0.4, -0.2) is 16.2 Å². The molecule has 132 valence electrons. The molecule has 4 nitrogen and oxygen atoms in total. The van der Waals surface area contributed by atoms with E-state index in [1.54, 1.807) is 36.5 Å². The Balaban J connectivity index is 1.72. The van der Waals surface area contributed by atoms with E-state index in [0.29, 0.717) is 16.9 Å². The molecular weight excluding hydrogens is 346 g/mol. The lowest BCUT2D eigenvalue weighted by Gasteiger charge is -2.08. The Morgan fingerprint density at radius 1 is 0.815 bits per heavy atom. The number of benzene rings is 3. The standard InChI is InChI=1S/C21H14F2N4/c22-15-11-9-14(10-12-15)13-24-27-21-17-6-2-4-8-19(17)25-20(26-21)16-5-1-3-7-18(16)23/h1-13H,(H,25,26,27). The van der Waals surface area contributed by atoms with Crippen LogP contribution in [0.3, 0.4) is 0 Å². The third kappa shape index (κ3) is 3.64. The highest BCUT2D eigenvalue weighted by Gasteiger charge is 2.11. The van der Waals surface area contributed by atoms with Gasteiger partial charge in [-0.3, -0.25) is 5.43 Å². The first-order chi connectivity index (χ1) is 13.2. The molecule has 1 heterocycles. The average molecular weight is 360 g/mol. The summed E-state index contributed by atoms with van der Waals surface area (Å²) < 4.78 is 27.1. The zero-order chi connectivity index (χ0) is 18.6. The lowest BCUT2D eigenvalue weighted by atomic mass is 10.1. The highest BCUT2D eigenvalue weighted by molar-refractivity contribution is 5.91. The zero-order valence-electron chi connectivity index (χ0n) is 14.1. The van der Waals surface area contributed by atoms with E-state index in [0.717, 1.165) is 10.9 Å². The molecule has 0 aliphatic rings. The maximum absolute atomic E-state index is 14.2. The zero-order valence-corrected chi connectivity index (χ0v) is 14.1. The molecule has 0 spiro atoms. The van der Waals surface area contributed by atoms with Gasteiger partial charge in [0.25, 0.3) is 0 Å². The van der Waals surface area contributed by atoms with Crippen LogP contribution in [0.15, 0.2) is 77.9 Å². The smallest absolute Gasteiger partial charge is 0.165 e. The normalized spacial score (nSPS) is 11.2. The second-order valence-corrected chi connectivity index (χ2v) is 5.81. The van der Waals surface area contributed by atoms with Crippen molar-refractivity contribution in [3.8, 4) is 11.4 Å². The van der Waals surface area contributed by atoms with Gasteiger partial charge in [-0.1, -0.05) is 36.4 Å². The number of hydrazone groups is 1. The van der Waals surface area contributed by atoms with E-state index in [1.807, 2.05) is 24.3 Å². The second-order valence-electron chi connectivity index (χ2n) is 5.81. The average Bonchev–Trinajstić information content (AvgIpc) is 2.69. The number of hydrogen-bond donors (Lipinski definition) is 1. The molecule has 4 rings (SSSR count). The van der Waals surface area contributed by atoms with Crippen LogP contribution >= 0.6 is 0 Å². The number of nitrogens with zero attached hydrogens (tertiary/aromatic N) is 3. The molecule has 27 heavy (non-hydrogen) atoms. The van der Waals surface area contributed by atoms with Crippen molar-refractivity contribution in [1.29, 1.82) is 0 Å². The molecule has 0 saturated heterocycles. The van der Waals surface area contributed by atoms with Gasteiger partial charge in [-0.2, -0.15) is 5.10 Å². The number of rotatable bonds is 4. The maximum Gasteiger partial charge on any atom is 0.165 e. The molecule has 0 saturated carbocycles. The van der Waals surface area contributed by atoms with Crippen LogP contribution in [0.2, 0.25) is 0 Å². The van der Waals surface area contributed by atoms with Crippen molar-refractivity contribution in [3.05, 3.63) is 90.0 Å². The van der Waals surface area contributed by atoms with Crippen LogP contribution in [0.5, 0.6) is 0 Å². The topological polar surface area (TPSA) is 50.2 Å². The van der Waals surface area contributed by atoms with Gasteiger partial charge in [-0.05, 0) is 42.0 Å². The van der Waals surface area contributed by atoms with Crippen LogP contribution in [0.25, 0.3) is 22.3 Å². The molecule has 0 bridgehead atoms. The summed E-state index contributed by atoms with van der Waals surface area (Å²) in [7, 11) is 0. The number of hydrogen-bond acceptors (Lipinski definition) is 4. The monoisotopic (exact) mass is 360 g/mol. The van der Waals surface area contributed by atoms with Gasteiger partial charge in [0.05, 0.1) is 17.3 Å². The first-order valence-electron chi connectivity index (χ1n) is 8.27. The van der Waals surface area contributed by atoms with E-state index in [9.17, 15) is 8.78 Å². The molecule has 0 fully saturated rings. The first kappa shape index (κ1) is 16.8. The summed E-state index contributed by atoms with van der Waals surface area (Å²) >= 11 is 0. The molecule has 0 amide bonds. The summed E-state index contributed by atoms with van der Waals surface area (Å²) in [6.45, 7) is 0. The van der Waals surface area contributed by atoms with Crippen LogP contribution in [0.1, 0.15) is 5.56 Å². The molecule has 1 aromatic heterocycles. The minimum Gasteiger partial charge on any atom is -0.261 e. The Morgan fingerprint density at radius 2 is 1.56 bits per heavy atom. The van der Waals surface area contributed by atoms with E-state index in [-0.39, 0.29) is 11.6 Å². The molecule has 0 unspecified atom stereocenters. The SMILES string of the molecule is Fc1ccc(C=NNc2nc(-c3ccccc3F)nc3ccccc23)cc1. The fraction of sp³-hybridized carbons (Fsp3) is 0. The Labute approximate surface area is 154 Å². The Hall–Kier alpha value is -3.67. The van der Waals surface area contributed by atoms with Crippen molar-refractivity contribution >= 4 is 22.9 Å². The molecule has 3 aromatic carbocycles. The fourth-order valence-electron chi connectivity index (χ4n) is 2.64. The van der Waals surface area contributed by atoms with Crippen LogP contribution in [0.4, 0.5) is 14.6 Å². The van der Waals surface area contributed by atoms with Gasteiger partial charge in [0.2, 0.25) is 0 Å². The fourth-order valence-corrected chi connectivity index (χ4v) is 2.64. The number of para-hydroxylation sites is 1. The number of halogens is 2. The highest BCUT2D eigenvalue weighted by atomic mass is 19.1. The predicted molar refractivity (Wildman–Crippen MR) is 103 cm³/mol. The maximum atomic E-state index is 14.2. The van der Waals surface area contributed by atoms with E-state index in [1.165, 1.54) is 18.2 Å². The Morgan fingerprint density at radius 3 is 2.37 bits per heavy atom. The van der Waals surface area contributed by atoms with E-state index in [4.69, 9.17) is 0 Å². The first-order valence-corrected chi connectivity index (χ1v) is 8.27. The van der Waals surface area contributed by atoms with E-state index in [2.05, 4.69) is 20.5 Å².